The van der Waals surface area contributed by atoms with E-state index in [0.717, 1.165) is 19.2 Å². The van der Waals surface area contributed by atoms with Crippen molar-refractivity contribution in [2.24, 2.45) is 5.92 Å². The summed E-state index contributed by atoms with van der Waals surface area (Å²) in [5, 5.41) is 1.76. The van der Waals surface area contributed by atoms with Gasteiger partial charge in [-0.25, -0.2) is 5.43 Å². The van der Waals surface area contributed by atoms with Gasteiger partial charge in [0.15, 0.2) is 0 Å². The molecule has 1 N–H and O–H groups in total. The topological polar surface area (TPSA) is 15.3 Å². The van der Waals surface area contributed by atoms with Gasteiger partial charge >= 0.3 is 6.18 Å². The van der Waals surface area contributed by atoms with Crippen molar-refractivity contribution in [3.63, 3.8) is 0 Å². The molecular weight excluding hydrogens is 217 g/mol. The van der Waals surface area contributed by atoms with Crippen LogP contribution in [0.15, 0.2) is 24.3 Å². The van der Waals surface area contributed by atoms with Gasteiger partial charge in [-0.1, -0.05) is 13.0 Å². The van der Waals surface area contributed by atoms with E-state index in [1.54, 1.807) is 11.1 Å². The lowest BCUT2D eigenvalue weighted by Gasteiger charge is -2.19. The normalized spacial score (nSPS) is 21.5. The number of hydrazine groups is 1. The molecule has 0 bridgehead atoms. The summed E-state index contributed by atoms with van der Waals surface area (Å²) in [5.41, 5.74) is 3.03. The van der Waals surface area contributed by atoms with Gasteiger partial charge in [-0.2, -0.15) is 13.2 Å². The number of nitrogens with zero attached hydrogens (tertiary/aromatic N) is 1. The molecule has 0 aromatic heterocycles. The standard InChI is InChI=1S/C11H13F3N2/c1-8-6-15-16(7-8)10-4-2-3-9(5-10)11(12,13)14/h2-5,8,15H,6-7H2,1H3. The summed E-state index contributed by atoms with van der Waals surface area (Å²) < 4.78 is 37.5. The van der Waals surface area contributed by atoms with Crippen molar-refractivity contribution in [2.45, 2.75) is 13.1 Å². The number of anilines is 1. The highest BCUT2D eigenvalue weighted by atomic mass is 19.4. The molecule has 1 aliphatic heterocycles. The molecule has 0 radical (unpaired) electrons. The van der Waals surface area contributed by atoms with E-state index in [9.17, 15) is 13.2 Å². The average Bonchev–Trinajstić information content (AvgIpc) is 2.64. The van der Waals surface area contributed by atoms with Gasteiger partial charge in [-0.15, -0.1) is 0 Å². The first-order chi connectivity index (χ1) is 7.47. The lowest BCUT2D eigenvalue weighted by molar-refractivity contribution is -0.137. The molecular formula is C11H13F3N2. The van der Waals surface area contributed by atoms with Crippen molar-refractivity contribution in [3.8, 4) is 0 Å². The summed E-state index contributed by atoms with van der Waals surface area (Å²) in [6.07, 6.45) is -4.28. The van der Waals surface area contributed by atoms with Crippen LogP contribution in [-0.2, 0) is 6.18 Å². The Morgan fingerprint density at radius 3 is 2.69 bits per heavy atom. The Hall–Kier alpha value is -1.23. The van der Waals surface area contributed by atoms with Gasteiger partial charge in [0.25, 0.3) is 0 Å². The van der Waals surface area contributed by atoms with Crippen LogP contribution < -0.4 is 10.4 Å². The van der Waals surface area contributed by atoms with Gasteiger partial charge in [0.05, 0.1) is 11.3 Å². The molecule has 1 unspecified atom stereocenters. The summed E-state index contributed by atoms with van der Waals surface area (Å²) in [7, 11) is 0. The van der Waals surface area contributed by atoms with Crippen LogP contribution in [0.5, 0.6) is 0 Å². The first kappa shape index (κ1) is 11.3. The molecule has 1 atom stereocenters. The molecule has 2 rings (SSSR count). The Kier molecular flexibility index (Phi) is 2.80. The Morgan fingerprint density at radius 2 is 2.12 bits per heavy atom. The fraction of sp³-hybridized carbons (Fsp3) is 0.455. The second-order valence-corrected chi connectivity index (χ2v) is 4.13. The summed E-state index contributed by atoms with van der Waals surface area (Å²) in [5.74, 6) is 0.453. The minimum Gasteiger partial charge on any atom is -0.308 e. The van der Waals surface area contributed by atoms with Crippen LogP contribution in [0.25, 0.3) is 0 Å². The SMILES string of the molecule is CC1CNN(c2cccc(C(F)(F)F)c2)C1. The number of rotatable bonds is 1. The van der Waals surface area contributed by atoms with Crippen LogP contribution in [-0.4, -0.2) is 13.1 Å². The lowest BCUT2D eigenvalue weighted by atomic mass is 10.1. The van der Waals surface area contributed by atoms with Crippen LogP contribution in [0.1, 0.15) is 12.5 Å². The highest BCUT2D eigenvalue weighted by Crippen LogP contribution is 2.31. The van der Waals surface area contributed by atoms with Crippen LogP contribution in [0.3, 0.4) is 0 Å². The largest absolute Gasteiger partial charge is 0.416 e. The zero-order chi connectivity index (χ0) is 11.8. The first-order valence-electron chi connectivity index (χ1n) is 5.15. The van der Waals surface area contributed by atoms with E-state index in [2.05, 4.69) is 12.3 Å². The highest BCUT2D eigenvalue weighted by Gasteiger charge is 2.31. The third kappa shape index (κ3) is 2.29. The molecule has 1 aliphatic rings. The Balaban J connectivity index is 2.23. The second kappa shape index (κ2) is 3.97. The monoisotopic (exact) mass is 230 g/mol. The maximum absolute atomic E-state index is 12.5. The smallest absolute Gasteiger partial charge is 0.308 e. The Labute approximate surface area is 92.0 Å². The van der Waals surface area contributed by atoms with Crippen LogP contribution in [0, 0.1) is 5.92 Å². The summed E-state index contributed by atoms with van der Waals surface area (Å²) in [6.45, 7) is 3.60. The van der Waals surface area contributed by atoms with Crippen molar-refractivity contribution in [2.75, 3.05) is 18.1 Å². The minimum absolute atomic E-state index is 0.453. The van der Waals surface area contributed by atoms with Crippen LogP contribution in [0.4, 0.5) is 18.9 Å². The molecule has 2 nitrogen and oxygen atoms in total. The lowest BCUT2D eigenvalue weighted by Crippen LogP contribution is -2.30. The van der Waals surface area contributed by atoms with E-state index in [-0.39, 0.29) is 0 Å². The third-order valence-corrected chi connectivity index (χ3v) is 2.61. The molecule has 1 aromatic rings. The molecule has 88 valence electrons. The quantitative estimate of drug-likeness (QED) is 0.797. The molecule has 0 aliphatic carbocycles. The molecule has 1 heterocycles. The van der Waals surface area contributed by atoms with E-state index >= 15 is 0 Å². The second-order valence-electron chi connectivity index (χ2n) is 4.13. The van der Waals surface area contributed by atoms with E-state index in [1.165, 1.54) is 12.1 Å². The van der Waals surface area contributed by atoms with Gasteiger partial charge < -0.3 is 5.01 Å². The highest BCUT2D eigenvalue weighted by molar-refractivity contribution is 5.49. The fourth-order valence-corrected chi connectivity index (χ4v) is 1.75. The molecule has 1 fully saturated rings. The summed E-state index contributed by atoms with van der Waals surface area (Å²) >= 11 is 0. The summed E-state index contributed by atoms with van der Waals surface area (Å²) in [4.78, 5) is 0. The molecule has 0 saturated carbocycles. The molecule has 0 spiro atoms. The van der Waals surface area contributed by atoms with Crippen molar-refractivity contribution in [1.29, 1.82) is 0 Å². The van der Waals surface area contributed by atoms with Crippen LogP contribution in [0.2, 0.25) is 0 Å². The van der Waals surface area contributed by atoms with E-state index in [0.29, 0.717) is 11.6 Å². The number of hydrogen-bond donors (Lipinski definition) is 1. The predicted molar refractivity (Wildman–Crippen MR) is 56.0 cm³/mol. The number of hydrogen-bond acceptors (Lipinski definition) is 2. The first-order valence-corrected chi connectivity index (χ1v) is 5.15. The van der Waals surface area contributed by atoms with Crippen molar-refractivity contribution in [1.82, 2.24) is 5.43 Å². The molecule has 1 saturated heterocycles. The van der Waals surface area contributed by atoms with Gasteiger partial charge in [-0.05, 0) is 24.1 Å². The predicted octanol–water partition coefficient (Wildman–Crippen LogP) is 2.67. The third-order valence-electron chi connectivity index (χ3n) is 2.61. The number of benzene rings is 1. The van der Waals surface area contributed by atoms with Crippen molar-refractivity contribution in [3.05, 3.63) is 29.8 Å². The van der Waals surface area contributed by atoms with Gasteiger partial charge in [0, 0.05) is 13.1 Å². The molecule has 5 heteroatoms. The van der Waals surface area contributed by atoms with E-state index < -0.39 is 11.7 Å². The van der Waals surface area contributed by atoms with Crippen molar-refractivity contribution < 1.29 is 13.2 Å². The molecule has 16 heavy (non-hydrogen) atoms. The van der Waals surface area contributed by atoms with Gasteiger partial charge in [0.2, 0.25) is 0 Å². The van der Waals surface area contributed by atoms with Gasteiger partial charge in [0.1, 0.15) is 0 Å². The summed E-state index contributed by atoms with van der Waals surface area (Å²) in [6, 6.07) is 5.37. The number of halogens is 3. The number of alkyl halides is 3. The Morgan fingerprint density at radius 1 is 1.38 bits per heavy atom. The Bertz CT molecular complexity index is 376. The van der Waals surface area contributed by atoms with E-state index in [4.69, 9.17) is 0 Å². The zero-order valence-electron chi connectivity index (χ0n) is 8.88. The van der Waals surface area contributed by atoms with Crippen molar-refractivity contribution >= 4 is 5.69 Å². The maximum Gasteiger partial charge on any atom is 0.416 e. The van der Waals surface area contributed by atoms with Gasteiger partial charge in [-0.3, -0.25) is 0 Å². The molecule has 0 amide bonds. The fourth-order valence-electron chi connectivity index (χ4n) is 1.75. The minimum atomic E-state index is -4.28. The zero-order valence-corrected chi connectivity index (χ0v) is 8.88. The van der Waals surface area contributed by atoms with E-state index in [1.807, 2.05) is 0 Å². The molecule has 1 aromatic carbocycles. The average molecular weight is 230 g/mol. The maximum atomic E-state index is 12.5. The van der Waals surface area contributed by atoms with Crippen LogP contribution >= 0.6 is 0 Å². The number of nitrogens with one attached hydrogen (secondary N) is 1.